The first kappa shape index (κ1) is 8.15. The van der Waals surface area contributed by atoms with Gasteiger partial charge in [-0.05, 0) is 30.7 Å². The van der Waals surface area contributed by atoms with Gasteiger partial charge in [0.05, 0.1) is 0 Å². The first-order valence-electron chi connectivity index (χ1n) is 3.25. The van der Waals surface area contributed by atoms with E-state index in [2.05, 4.69) is 6.58 Å². The maximum absolute atomic E-state index is 9.32. The van der Waals surface area contributed by atoms with Crippen LogP contribution in [0.2, 0.25) is 5.02 Å². The maximum Gasteiger partial charge on any atom is 0.124 e. The lowest BCUT2D eigenvalue weighted by molar-refractivity contribution is 0.473. The minimum atomic E-state index is 0.185. The molecule has 1 N–H and O–H groups in total. The number of hydrogen-bond acceptors (Lipinski definition) is 1. The fourth-order valence-corrected chi connectivity index (χ4v) is 1.03. The summed E-state index contributed by atoms with van der Waals surface area (Å²) in [5, 5.41) is 9.85. The zero-order valence-electron chi connectivity index (χ0n) is 6.26. The molecule has 0 fully saturated rings. The van der Waals surface area contributed by atoms with Crippen molar-refractivity contribution >= 4 is 17.2 Å². The molecule has 58 valence electrons. The summed E-state index contributed by atoms with van der Waals surface area (Å²) in [6.45, 7) is 5.55. The Bertz CT molecular complexity index is 292. The third-order valence-corrected chi connectivity index (χ3v) is 1.65. The monoisotopic (exact) mass is 168 g/mol. The topological polar surface area (TPSA) is 20.2 Å². The van der Waals surface area contributed by atoms with Gasteiger partial charge in [-0.3, -0.25) is 0 Å². The molecule has 0 amide bonds. The summed E-state index contributed by atoms with van der Waals surface area (Å²) in [6.07, 6.45) is 0. The highest BCUT2D eigenvalue weighted by Crippen LogP contribution is 2.26. The molecule has 0 bridgehead atoms. The highest BCUT2D eigenvalue weighted by Gasteiger charge is 2.00. The van der Waals surface area contributed by atoms with Crippen molar-refractivity contribution in [2.45, 2.75) is 6.92 Å². The Hall–Kier alpha value is -0.950. The lowest BCUT2D eigenvalue weighted by Crippen LogP contribution is -1.78. The van der Waals surface area contributed by atoms with Crippen LogP contribution in [-0.4, -0.2) is 5.11 Å². The number of rotatable bonds is 1. The summed E-state index contributed by atoms with van der Waals surface area (Å²) in [7, 11) is 0. The van der Waals surface area contributed by atoms with Crippen molar-refractivity contribution in [2.24, 2.45) is 0 Å². The predicted octanol–water partition coefficient (Wildman–Crippen LogP) is 3.08. The van der Waals surface area contributed by atoms with Gasteiger partial charge in [0.15, 0.2) is 0 Å². The van der Waals surface area contributed by atoms with E-state index < -0.39 is 0 Å². The second-order valence-corrected chi connectivity index (χ2v) is 2.88. The molecule has 0 saturated heterocycles. The van der Waals surface area contributed by atoms with E-state index in [1.54, 1.807) is 12.1 Å². The minimum absolute atomic E-state index is 0.185. The molecular weight excluding hydrogens is 160 g/mol. The molecule has 0 aliphatic rings. The van der Waals surface area contributed by atoms with E-state index in [1.807, 2.05) is 6.92 Å². The molecule has 0 atom stereocenters. The zero-order valence-corrected chi connectivity index (χ0v) is 7.02. The fraction of sp³-hybridized carbons (Fsp3) is 0.111. The van der Waals surface area contributed by atoms with E-state index in [-0.39, 0.29) is 5.75 Å². The average Bonchev–Trinajstić information content (AvgIpc) is 1.85. The SMILES string of the molecule is C=C(C)c1ccc(Cl)cc1O. The third kappa shape index (κ3) is 1.75. The zero-order chi connectivity index (χ0) is 8.43. The summed E-state index contributed by atoms with van der Waals surface area (Å²) < 4.78 is 0. The van der Waals surface area contributed by atoms with Crippen LogP contribution in [0.25, 0.3) is 5.57 Å². The molecule has 11 heavy (non-hydrogen) atoms. The molecule has 1 nitrogen and oxygen atoms in total. The lowest BCUT2D eigenvalue weighted by atomic mass is 10.1. The van der Waals surface area contributed by atoms with Crippen molar-refractivity contribution in [1.29, 1.82) is 0 Å². The Morgan fingerprint density at radius 3 is 2.64 bits per heavy atom. The standard InChI is InChI=1S/C9H9ClO/c1-6(2)8-4-3-7(10)5-9(8)11/h3-5,11H,1H2,2H3. The molecule has 2 heteroatoms. The molecule has 0 aromatic heterocycles. The summed E-state index contributed by atoms with van der Waals surface area (Å²) in [4.78, 5) is 0. The smallest absolute Gasteiger partial charge is 0.124 e. The van der Waals surface area contributed by atoms with Crippen molar-refractivity contribution in [3.8, 4) is 5.75 Å². The molecule has 0 heterocycles. The molecule has 0 radical (unpaired) electrons. The molecule has 1 aromatic rings. The van der Waals surface area contributed by atoms with Crippen molar-refractivity contribution in [3.63, 3.8) is 0 Å². The normalized spacial score (nSPS) is 9.64. The van der Waals surface area contributed by atoms with Crippen LogP contribution in [0.4, 0.5) is 0 Å². The number of phenols is 1. The van der Waals surface area contributed by atoms with Crippen LogP contribution < -0.4 is 0 Å². The van der Waals surface area contributed by atoms with E-state index in [0.717, 1.165) is 11.1 Å². The lowest BCUT2D eigenvalue weighted by Gasteiger charge is -2.02. The van der Waals surface area contributed by atoms with Crippen molar-refractivity contribution < 1.29 is 5.11 Å². The Morgan fingerprint density at radius 1 is 1.55 bits per heavy atom. The second kappa shape index (κ2) is 2.97. The largest absolute Gasteiger partial charge is 0.507 e. The van der Waals surface area contributed by atoms with Crippen LogP contribution in [-0.2, 0) is 0 Å². The Morgan fingerprint density at radius 2 is 2.18 bits per heavy atom. The molecule has 0 unspecified atom stereocenters. The molecule has 1 aromatic carbocycles. The van der Waals surface area contributed by atoms with Gasteiger partial charge in [-0.2, -0.15) is 0 Å². The van der Waals surface area contributed by atoms with Gasteiger partial charge >= 0.3 is 0 Å². The highest BCUT2D eigenvalue weighted by atomic mass is 35.5. The second-order valence-electron chi connectivity index (χ2n) is 2.44. The molecular formula is C9H9ClO. The van der Waals surface area contributed by atoms with E-state index in [0.29, 0.717) is 5.02 Å². The number of aromatic hydroxyl groups is 1. The third-order valence-electron chi connectivity index (χ3n) is 1.42. The Kier molecular flexibility index (Phi) is 2.20. The molecule has 0 spiro atoms. The summed E-state index contributed by atoms with van der Waals surface area (Å²) in [5.41, 5.74) is 1.58. The summed E-state index contributed by atoms with van der Waals surface area (Å²) >= 11 is 5.63. The minimum Gasteiger partial charge on any atom is -0.507 e. The molecule has 1 rings (SSSR count). The van der Waals surface area contributed by atoms with Crippen LogP contribution in [0.5, 0.6) is 5.75 Å². The Balaban J connectivity index is 3.20. The maximum atomic E-state index is 9.32. The van der Waals surface area contributed by atoms with Gasteiger partial charge in [0.2, 0.25) is 0 Å². The average molecular weight is 169 g/mol. The highest BCUT2D eigenvalue weighted by molar-refractivity contribution is 6.30. The summed E-state index contributed by atoms with van der Waals surface area (Å²) in [6, 6.07) is 4.98. The van der Waals surface area contributed by atoms with Gasteiger partial charge in [0, 0.05) is 10.6 Å². The number of benzene rings is 1. The van der Waals surface area contributed by atoms with E-state index in [9.17, 15) is 5.11 Å². The van der Waals surface area contributed by atoms with Crippen molar-refractivity contribution in [2.75, 3.05) is 0 Å². The van der Waals surface area contributed by atoms with Gasteiger partial charge in [-0.1, -0.05) is 18.2 Å². The van der Waals surface area contributed by atoms with E-state index in [4.69, 9.17) is 11.6 Å². The van der Waals surface area contributed by atoms with Gasteiger partial charge < -0.3 is 5.11 Å². The van der Waals surface area contributed by atoms with Crippen LogP contribution in [0.15, 0.2) is 24.8 Å². The Labute approximate surface area is 70.9 Å². The van der Waals surface area contributed by atoms with Gasteiger partial charge in [0.25, 0.3) is 0 Å². The first-order valence-corrected chi connectivity index (χ1v) is 3.63. The molecule has 0 saturated carbocycles. The van der Waals surface area contributed by atoms with E-state index in [1.165, 1.54) is 6.07 Å². The van der Waals surface area contributed by atoms with Gasteiger partial charge in [-0.25, -0.2) is 0 Å². The van der Waals surface area contributed by atoms with Crippen LogP contribution >= 0.6 is 11.6 Å². The van der Waals surface area contributed by atoms with E-state index >= 15 is 0 Å². The number of phenolic OH excluding ortho intramolecular Hbond substituents is 1. The predicted molar refractivity (Wildman–Crippen MR) is 47.8 cm³/mol. The van der Waals surface area contributed by atoms with Crippen LogP contribution in [0.3, 0.4) is 0 Å². The number of allylic oxidation sites excluding steroid dienone is 1. The van der Waals surface area contributed by atoms with Crippen molar-refractivity contribution in [3.05, 3.63) is 35.4 Å². The molecule has 0 aliphatic carbocycles. The first-order chi connectivity index (χ1) is 5.11. The number of halogens is 1. The number of hydrogen-bond donors (Lipinski definition) is 1. The van der Waals surface area contributed by atoms with Crippen LogP contribution in [0, 0.1) is 0 Å². The quantitative estimate of drug-likeness (QED) is 0.684. The van der Waals surface area contributed by atoms with Gasteiger partial charge in [-0.15, -0.1) is 0 Å². The van der Waals surface area contributed by atoms with Crippen LogP contribution in [0.1, 0.15) is 12.5 Å². The fourth-order valence-electron chi connectivity index (χ4n) is 0.866. The summed E-state index contributed by atoms with van der Waals surface area (Å²) in [5.74, 6) is 0.185. The van der Waals surface area contributed by atoms with Gasteiger partial charge in [0.1, 0.15) is 5.75 Å². The molecule has 0 aliphatic heterocycles. The van der Waals surface area contributed by atoms with Crippen molar-refractivity contribution in [1.82, 2.24) is 0 Å².